The van der Waals surface area contributed by atoms with Crippen LogP contribution in [0.1, 0.15) is 11.1 Å². The number of benzene rings is 2. The predicted octanol–water partition coefficient (Wildman–Crippen LogP) is 5.02. The lowest BCUT2D eigenvalue weighted by Gasteiger charge is -2.17. The standard InChI is InChI=1S/C23H21ClN2O2/c24-20-8-9-21(25-15-20)18-13-19-16-26(11-12-28-23(19)22(27)14-18)10-4-7-17-5-2-1-3-6-17/h1-9,13-15,27H,10-12,16H2/b7-4+. The molecule has 4 rings (SSSR count). The maximum Gasteiger partial charge on any atom is 0.165 e. The van der Waals surface area contributed by atoms with Crippen LogP contribution < -0.4 is 4.74 Å². The highest BCUT2D eigenvalue weighted by atomic mass is 35.5. The fraction of sp³-hybridized carbons (Fsp3) is 0.174. The fourth-order valence-corrected chi connectivity index (χ4v) is 3.42. The van der Waals surface area contributed by atoms with Crippen LogP contribution in [-0.4, -0.2) is 34.7 Å². The van der Waals surface area contributed by atoms with Crippen molar-refractivity contribution in [1.82, 2.24) is 9.88 Å². The van der Waals surface area contributed by atoms with E-state index in [4.69, 9.17) is 16.3 Å². The van der Waals surface area contributed by atoms with E-state index in [-0.39, 0.29) is 5.75 Å². The quantitative estimate of drug-likeness (QED) is 0.677. The first-order chi connectivity index (χ1) is 13.7. The zero-order chi connectivity index (χ0) is 19.3. The highest BCUT2D eigenvalue weighted by Gasteiger charge is 2.19. The Kier molecular flexibility index (Phi) is 5.60. The third kappa shape index (κ3) is 4.35. The van der Waals surface area contributed by atoms with Crippen molar-refractivity contribution in [2.45, 2.75) is 6.54 Å². The third-order valence-corrected chi connectivity index (χ3v) is 4.91. The molecule has 0 saturated carbocycles. The van der Waals surface area contributed by atoms with Crippen LogP contribution in [-0.2, 0) is 6.54 Å². The van der Waals surface area contributed by atoms with Gasteiger partial charge < -0.3 is 9.84 Å². The van der Waals surface area contributed by atoms with E-state index >= 15 is 0 Å². The lowest BCUT2D eigenvalue weighted by molar-refractivity contribution is 0.239. The minimum absolute atomic E-state index is 0.144. The molecule has 1 aromatic heterocycles. The molecular formula is C23H21ClN2O2. The molecule has 142 valence electrons. The number of nitrogens with zero attached hydrogens (tertiary/aromatic N) is 2. The number of ether oxygens (including phenoxy) is 1. The largest absolute Gasteiger partial charge is 0.504 e. The summed E-state index contributed by atoms with van der Waals surface area (Å²) in [5.41, 5.74) is 3.75. The number of rotatable bonds is 4. The van der Waals surface area contributed by atoms with Crippen LogP contribution in [0.15, 0.2) is 66.9 Å². The zero-order valence-corrected chi connectivity index (χ0v) is 16.1. The summed E-state index contributed by atoms with van der Waals surface area (Å²) in [6.07, 6.45) is 5.89. The number of aromatic hydroxyl groups is 1. The van der Waals surface area contributed by atoms with Crippen molar-refractivity contribution in [2.24, 2.45) is 0 Å². The van der Waals surface area contributed by atoms with E-state index in [1.54, 1.807) is 18.3 Å². The van der Waals surface area contributed by atoms with Gasteiger partial charge in [0.05, 0.1) is 10.7 Å². The van der Waals surface area contributed by atoms with Crippen molar-refractivity contribution in [3.63, 3.8) is 0 Å². The number of fused-ring (bicyclic) bond motifs is 1. The summed E-state index contributed by atoms with van der Waals surface area (Å²) in [6, 6.07) is 17.6. The van der Waals surface area contributed by atoms with Crippen molar-refractivity contribution in [2.75, 3.05) is 19.7 Å². The van der Waals surface area contributed by atoms with Crippen molar-refractivity contribution in [1.29, 1.82) is 0 Å². The van der Waals surface area contributed by atoms with Crippen LogP contribution in [0.25, 0.3) is 17.3 Å². The lowest BCUT2D eigenvalue weighted by atomic mass is 10.0. The number of hydrogen-bond donors (Lipinski definition) is 1. The van der Waals surface area contributed by atoms with Gasteiger partial charge in [-0.25, -0.2) is 0 Å². The molecule has 0 atom stereocenters. The first kappa shape index (κ1) is 18.5. The van der Waals surface area contributed by atoms with E-state index < -0.39 is 0 Å². The topological polar surface area (TPSA) is 45.6 Å². The maximum atomic E-state index is 10.5. The molecule has 5 heteroatoms. The monoisotopic (exact) mass is 392 g/mol. The summed E-state index contributed by atoms with van der Waals surface area (Å²) in [5.74, 6) is 0.707. The molecule has 3 aromatic rings. The maximum absolute atomic E-state index is 10.5. The molecule has 2 heterocycles. The van der Waals surface area contributed by atoms with Gasteiger partial charge in [-0.2, -0.15) is 0 Å². The summed E-state index contributed by atoms with van der Waals surface area (Å²) in [4.78, 5) is 6.65. The van der Waals surface area contributed by atoms with Crippen LogP contribution in [0.5, 0.6) is 11.5 Å². The van der Waals surface area contributed by atoms with Crippen LogP contribution in [0, 0.1) is 0 Å². The number of phenolic OH excluding ortho intramolecular Hbond substituents is 1. The Morgan fingerprint density at radius 1 is 1.14 bits per heavy atom. The molecule has 4 nitrogen and oxygen atoms in total. The number of phenols is 1. The molecule has 2 aromatic carbocycles. The second kappa shape index (κ2) is 8.46. The molecule has 0 fully saturated rings. The molecule has 0 aliphatic carbocycles. The number of aromatic nitrogens is 1. The van der Waals surface area contributed by atoms with Gasteiger partial charge in [0, 0.05) is 37.0 Å². The van der Waals surface area contributed by atoms with Gasteiger partial charge in [0.2, 0.25) is 0 Å². The smallest absolute Gasteiger partial charge is 0.165 e. The van der Waals surface area contributed by atoms with Gasteiger partial charge in [-0.1, -0.05) is 54.1 Å². The van der Waals surface area contributed by atoms with E-state index in [1.807, 2.05) is 30.3 Å². The van der Waals surface area contributed by atoms with Crippen molar-refractivity contribution >= 4 is 17.7 Å². The number of halogens is 1. The summed E-state index contributed by atoms with van der Waals surface area (Å²) in [6.45, 7) is 2.84. The highest BCUT2D eigenvalue weighted by Crippen LogP contribution is 2.37. The Bertz CT molecular complexity index is 972. The van der Waals surface area contributed by atoms with Crippen LogP contribution >= 0.6 is 11.6 Å². The van der Waals surface area contributed by atoms with E-state index in [9.17, 15) is 5.11 Å². The normalized spacial score (nSPS) is 14.5. The molecule has 1 aliphatic rings. The minimum atomic E-state index is 0.144. The van der Waals surface area contributed by atoms with Crippen molar-refractivity contribution in [3.05, 3.63) is 83.0 Å². The average Bonchev–Trinajstić information content (AvgIpc) is 2.92. The first-order valence-corrected chi connectivity index (χ1v) is 9.61. The molecule has 28 heavy (non-hydrogen) atoms. The predicted molar refractivity (Wildman–Crippen MR) is 113 cm³/mol. The van der Waals surface area contributed by atoms with Gasteiger partial charge in [-0.15, -0.1) is 0 Å². The van der Waals surface area contributed by atoms with Crippen molar-refractivity contribution < 1.29 is 9.84 Å². The summed E-state index contributed by atoms with van der Waals surface area (Å²) in [5, 5.41) is 11.1. The molecule has 1 N–H and O–H groups in total. The van der Waals surface area contributed by atoms with Gasteiger partial charge >= 0.3 is 0 Å². The van der Waals surface area contributed by atoms with E-state index in [2.05, 4.69) is 34.2 Å². The Balaban J connectivity index is 1.54. The Morgan fingerprint density at radius 3 is 2.79 bits per heavy atom. The number of pyridine rings is 1. The first-order valence-electron chi connectivity index (χ1n) is 9.23. The summed E-state index contributed by atoms with van der Waals surface area (Å²) >= 11 is 5.93. The molecule has 1 aliphatic heterocycles. The van der Waals surface area contributed by atoms with Gasteiger partial charge in [0.15, 0.2) is 11.5 Å². The Morgan fingerprint density at radius 2 is 2.00 bits per heavy atom. The van der Waals surface area contributed by atoms with Gasteiger partial charge in [-0.3, -0.25) is 9.88 Å². The second-order valence-corrected chi connectivity index (χ2v) is 7.18. The van der Waals surface area contributed by atoms with E-state index in [0.29, 0.717) is 23.9 Å². The summed E-state index contributed by atoms with van der Waals surface area (Å²) in [7, 11) is 0. The molecular weight excluding hydrogens is 372 g/mol. The van der Waals surface area contributed by atoms with Crippen LogP contribution in [0.4, 0.5) is 0 Å². The van der Waals surface area contributed by atoms with E-state index in [0.717, 1.165) is 29.9 Å². The molecule has 0 radical (unpaired) electrons. The lowest BCUT2D eigenvalue weighted by Crippen LogP contribution is -2.25. The Hall–Kier alpha value is -2.82. The molecule has 0 bridgehead atoms. The zero-order valence-electron chi connectivity index (χ0n) is 15.4. The van der Waals surface area contributed by atoms with Crippen molar-refractivity contribution in [3.8, 4) is 22.8 Å². The highest BCUT2D eigenvalue weighted by molar-refractivity contribution is 6.30. The number of hydrogen-bond acceptors (Lipinski definition) is 4. The van der Waals surface area contributed by atoms with E-state index in [1.165, 1.54) is 5.56 Å². The second-order valence-electron chi connectivity index (χ2n) is 6.74. The fourth-order valence-electron chi connectivity index (χ4n) is 3.31. The molecule has 0 spiro atoms. The third-order valence-electron chi connectivity index (χ3n) is 4.69. The molecule has 0 amide bonds. The van der Waals surface area contributed by atoms with Crippen LogP contribution in [0.2, 0.25) is 5.02 Å². The Labute approximate surface area is 169 Å². The van der Waals surface area contributed by atoms with Crippen LogP contribution in [0.3, 0.4) is 0 Å². The molecule has 0 saturated heterocycles. The van der Waals surface area contributed by atoms with Gasteiger partial charge in [-0.05, 0) is 29.8 Å². The minimum Gasteiger partial charge on any atom is -0.504 e. The molecule has 0 unspecified atom stereocenters. The SMILES string of the molecule is Oc1cc(-c2ccc(Cl)cn2)cc2c1OCCN(C/C=C/c1ccccc1)C2. The van der Waals surface area contributed by atoms with Gasteiger partial charge in [0.1, 0.15) is 6.61 Å². The summed E-state index contributed by atoms with van der Waals surface area (Å²) < 4.78 is 5.83. The van der Waals surface area contributed by atoms with Gasteiger partial charge in [0.25, 0.3) is 0 Å². The average molecular weight is 393 g/mol.